The summed E-state index contributed by atoms with van der Waals surface area (Å²) < 4.78 is 4.75. The van der Waals surface area contributed by atoms with Gasteiger partial charge in [-0.05, 0) is 16.8 Å². The van der Waals surface area contributed by atoms with Crippen molar-refractivity contribution < 1.29 is 0 Å². The molecule has 38 heavy (non-hydrogen) atoms. The fraction of sp³-hybridized carbons (Fsp3) is 0. The van der Waals surface area contributed by atoms with Gasteiger partial charge >= 0.3 is 0 Å². The van der Waals surface area contributed by atoms with Crippen LogP contribution >= 0.6 is 11.3 Å². The molecule has 8 rings (SSSR count). The van der Waals surface area contributed by atoms with Crippen LogP contribution in [0.5, 0.6) is 0 Å². The van der Waals surface area contributed by atoms with Crippen molar-refractivity contribution in [3.8, 4) is 28.7 Å². The van der Waals surface area contributed by atoms with Gasteiger partial charge in [0, 0.05) is 26.6 Å². The van der Waals surface area contributed by atoms with E-state index in [4.69, 9.17) is 15.0 Å². The number of fused-ring (bicyclic) bond motifs is 7. The second kappa shape index (κ2) is 8.33. The van der Waals surface area contributed by atoms with Crippen molar-refractivity contribution in [1.82, 2.24) is 19.5 Å². The van der Waals surface area contributed by atoms with Gasteiger partial charge in [-0.3, -0.25) is 4.57 Å². The lowest BCUT2D eigenvalue weighted by Gasteiger charge is -2.11. The van der Waals surface area contributed by atoms with Gasteiger partial charge in [-0.25, -0.2) is 4.98 Å². The van der Waals surface area contributed by atoms with Gasteiger partial charge in [0.25, 0.3) is 0 Å². The summed E-state index contributed by atoms with van der Waals surface area (Å²) in [6, 6.07) is 41.8. The monoisotopic (exact) mass is 504 g/mol. The van der Waals surface area contributed by atoms with Gasteiger partial charge in [0.2, 0.25) is 5.95 Å². The summed E-state index contributed by atoms with van der Waals surface area (Å²) in [5, 5.41) is 4.93. The maximum absolute atomic E-state index is 5.07. The zero-order valence-electron chi connectivity index (χ0n) is 20.2. The number of hydrogen-bond acceptors (Lipinski definition) is 4. The SMILES string of the molecule is c1ccc(-c2nc(-c3ccccc3)nc(-n3c4ccccc4c4sc5c6ccccc6ccc5c43)n2)cc1. The predicted octanol–water partition coefficient (Wildman–Crippen LogP) is 8.67. The molecule has 0 atom stereocenters. The average Bonchev–Trinajstić information content (AvgIpc) is 3.53. The molecule has 3 heterocycles. The van der Waals surface area contributed by atoms with Gasteiger partial charge in [-0.2, -0.15) is 9.97 Å². The molecule has 3 aromatic heterocycles. The Morgan fingerprint density at radius 3 is 1.79 bits per heavy atom. The van der Waals surface area contributed by atoms with E-state index in [0.717, 1.165) is 22.2 Å². The molecule has 0 fully saturated rings. The number of nitrogens with zero attached hydrogens (tertiary/aromatic N) is 4. The standard InChI is InChI=1S/C33H20N4S/c1-3-12-22(13-4-1)31-34-32(23-14-5-2-6-15-23)36-33(35-31)37-27-18-10-9-17-25(27)30-28(37)26-20-19-21-11-7-8-16-24(21)29(26)38-30/h1-20H. The molecule has 0 bridgehead atoms. The number of aromatic nitrogens is 4. The van der Waals surface area contributed by atoms with E-state index in [2.05, 4.69) is 65.2 Å². The first-order valence-electron chi connectivity index (χ1n) is 12.6. The van der Waals surface area contributed by atoms with Crippen molar-refractivity contribution >= 4 is 53.3 Å². The number of thiophene rings is 1. The van der Waals surface area contributed by atoms with Crippen molar-refractivity contribution in [2.75, 3.05) is 0 Å². The van der Waals surface area contributed by atoms with E-state index in [0.29, 0.717) is 17.6 Å². The molecule has 0 aliphatic rings. The molecular formula is C33H20N4S. The van der Waals surface area contributed by atoms with E-state index in [1.165, 1.54) is 30.9 Å². The normalized spacial score (nSPS) is 11.7. The summed E-state index contributed by atoms with van der Waals surface area (Å²) in [5.41, 5.74) is 4.15. The minimum atomic E-state index is 0.622. The van der Waals surface area contributed by atoms with E-state index in [9.17, 15) is 0 Å². The van der Waals surface area contributed by atoms with Crippen molar-refractivity contribution in [2.24, 2.45) is 0 Å². The van der Waals surface area contributed by atoms with Crippen LogP contribution in [0, 0.1) is 0 Å². The summed E-state index contributed by atoms with van der Waals surface area (Å²) in [7, 11) is 0. The number of para-hydroxylation sites is 1. The quantitative estimate of drug-likeness (QED) is 0.242. The number of rotatable bonds is 3. The van der Waals surface area contributed by atoms with E-state index >= 15 is 0 Å². The molecule has 0 spiro atoms. The Balaban J connectivity index is 1.51. The molecular weight excluding hydrogens is 484 g/mol. The van der Waals surface area contributed by atoms with Gasteiger partial charge in [-0.15, -0.1) is 11.3 Å². The second-order valence-corrected chi connectivity index (χ2v) is 10.3. The van der Waals surface area contributed by atoms with Crippen LogP contribution in [-0.4, -0.2) is 19.5 Å². The van der Waals surface area contributed by atoms with Crippen LogP contribution in [0.3, 0.4) is 0 Å². The van der Waals surface area contributed by atoms with Crippen LogP contribution in [0.15, 0.2) is 121 Å². The smallest absolute Gasteiger partial charge is 0.238 e. The molecule has 0 aliphatic heterocycles. The van der Waals surface area contributed by atoms with Gasteiger partial charge in [0.05, 0.1) is 15.7 Å². The lowest BCUT2D eigenvalue weighted by Crippen LogP contribution is -2.06. The first-order valence-corrected chi connectivity index (χ1v) is 13.4. The van der Waals surface area contributed by atoms with Crippen molar-refractivity contribution in [1.29, 1.82) is 0 Å². The Labute approximate surface area is 222 Å². The average molecular weight is 505 g/mol. The topological polar surface area (TPSA) is 43.6 Å². The zero-order valence-corrected chi connectivity index (χ0v) is 21.1. The van der Waals surface area contributed by atoms with E-state index in [-0.39, 0.29) is 0 Å². The summed E-state index contributed by atoms with van der Waals surface area (Å²) in [5.74, 6) is 1.94. The van der Waals surface area contributed by atoms with Crippen LogP contribution in [0.25, 0.3) is 70.7 Å². The highest BCUT2D eigenvalue weighted by atomic mass is 32.1. The van der Waals surface area contributed by atoms with Gasteiger partial charge in [0.1, 0.15) is 0 Å². The highest BCUT2D eigenvalue weighted by Gasteiger charge is 2.21. The van der Waals surface area contributed by atoms with Gasteiger partial charge in [0.15, 0.2) is 11.6 Å². The van der Waals surface area contributed by atoms with Crippen LogP contribution in [-0.2, 0) is 0 Å². The zero-order chi connectivity index (χ0) is 25.1. The number of hydrogen-bond donors (Lipinski definition) is 0. The van der Waals surface area contributed by atoms with Crippen molar-refractivity contribution in [3.63, 3.8) is 0 Å². The van der Waals surface area contributed by atoms with Crippen LogP contribution in [0.2, 0.25) is 0 Å². The molecule has 0 N–H and O–H groups in total. The molecule has 0 saturated heterocycles. The molecule has 0 aliphatic carbocycles. The third-order valence-corrected chi connectivity index (χ3v) is 8.32. The fourth-order valence-electron chi connectivity index (χ4n) is 5.30. The number of benzene rings is 5. The lowest BCUT2D eigenvalue weighted by molar-refractivity contribution is 0.955. The van der Waals surface area contributed by atoms with E-state index in [1.54, 1.807) is 0 Å². The molecule has 5 heteroatoms. The maximum Gasteiger partial charge on any atom is 0.238 e. The second-order valence-electron chi connectivity index (χ2n) is 9.31. The highest BCUT2D eigenvalue weighted by Crippen LogP contribution is 2.44. The molecule has 5 aromatic carbocycles. The summed E-state index contributed by atoms with van der Waals surface area (Å²) in [6.45, 7) is 0. The minimum absolute atomic E-state index is 0.622. The van der Waals surface area contributed by atoms with Crippen molar-refractivity contribution in [3.05, 3.63) is 121 Å². The molecule has 0 amide bonds. The summed E-state index contributed by atoms with van der Waals surface area (Å²) >= 11 is 1.85. The molecule has 0 radical (unpaired) electrons. The fourth-order valence-corrected chi connectivity index (χ4v) is 6.66. The Morgan fingerprint density at radius 2 is 1.08 bits per heavy atom. The largest absolute Gasteiger partial charge is 0.276 e. The van der Waals surface area contributed by atoms with Crippen molar-refractivity contribution in [2.45, 2.75) is 0 Å². The third-order valence-electron chi connectivity index (χ3n) is 7.05. The Bertz CT molecular complexity index is 2070. The molecule has 8 aromatic rings. The minimum Gasteiger partial charge on any atom is -0.276 e. The first kappa shape index (κ1) is 21.2. The van der Waals surface area contributed by atoms with Crippen LogP contribution in [0.4, 0.5) is 0 Å². The van der Waals surface area contributed by atoms with E-state index < -0.39 is 0 Å². The van der Waals surface area contributed by atoms with Crippen LogP contribution < -0.4 is 0 Å². The Hall–Kier alpha value is -4.87. The lowest BCUT2D eigenvalue weighted by atomic mass is 10.1. The Morgan fingerprint density at radius 1 is 0.474 bits per heavy atom. The van der Waals surface area contributed by atoms with E-state index in [1.807, 2.05) is 72.0 Å². The summed E-state index contributed by atoms with van der Waals surface area (Å²) in [4.78, 5) is 15.0. The summed E-state index contributed by atoms with van der Waals surface area (Å²) in [6.07, 6.45) is 0. The maximum atomic E-state index is 5.07. The molecule has 0 saturated carbocycles. The molecule has 4 nitrogen and oxygen atoms in total. The third kappa shape index (κ3) is 3.19. The van der Waals surface area contributed by atoms with Gasteiger partial charge < -0.3 is 0 Å². The first-order chi connectivity index (χ1) is 18.8. The van der Waals surface area contributed by atoms with Crippen LogP contribution in [0.1, 0.15) is 0 Å². The molecule has 0 unspecified atom stereocenters. The highest BCUT2D eigenvalue weighted by molar-refractivity contribution is 7.27. The van der Waals surface area contributed by atoms with Gasteiger partial charge in [-0.1, -0.05) is 115 Å². The predicted molar refractivity (Wildman–Crippen MR) is 158 cm³/mol. The Kier molecular flexibility index (Phi) is 4.66. The molecule has 178 valence electrons.